The van der Waals surface area contributed by atoms with Gasteiger partial charge in [0.15, 0.2) is 0 Å². The molecule has 0 aliphatic heterocycles. The molecular formula is C11H15F2NO. The Labute approximate surface area is 88.0 Å². The molecule has 15 heavy (non-hydrogen) atoms. The van der Waals surface area contributed by atoms with E-state index in [2.05, 4.69) is 0 Å². The summed E-state index contributed by atoms with van der Waals surface area (Å²) < 4.78 is 31.0. The van der Waals surface area contributed by atoms with Gasteiger partial charge in [0.2, 0.25) is 0 Å². The molecule has 1 aromatic rings. The highest BCUT2D eigenvalue weighted by molar-refractivity contribution is 5.25. The molecule has 1 unspecified atom stereocenters. The predicted molar refractivity (Wildman–Crippen MR) is 54.4 cm³/mol. The summed E-state index contributed by atoms with van der Waals surface area (Å²) in [6.45, 7) is 2.13. The van der Waals surface area contributed by atoms with E-state index < -0.39 is 17.2 Å². The Morgan fingerprint density at radius 3 is 2.60 bits per heavy atom. The number of rotatable bonds is 4. The molecule has 84 valence electrons. The third kappa shape index (κ3) is 2.97. The van der Waals surface area contributed by atoms with Crippen molar-refractivity contribution in [2.75, 3.05) is 13.7 Å². The fourth-order valence-corrected chi connectivity index (χ4v) is 1.40. The molecule has 1 rings (SSSR count). The van der Waals surface area contributed by atoms with Crippen LogP contribution in [0.15, 0.2) is 18.2 Å². The van der Waals surface area contributed by atoms with Gasteiger partial charge in [0.1, 0.15) is 11.6 Å². The van der Waals surface area contributed by atoms with Gasteiger partial charge in [-0.2, -0.15) is 0 Å². The van der Waals surface area contributed by atoms with Crippen LogP contribution in [0.25, 0.3) is 0 Å². The summed E-state index contributed by atoms with van der Waals surface area (Å²) in [5.74, 6) is -1.21. The molecule has 0 saturated carbocycles. The highest BCUT2D eigenvalue weighted by Gasteiger charge is 2.24. The lowest BCUT2D eigenvalue weighted by Crippen LogP contribution is -2.35. The summed E-state index contributed by atoms with van der Waals surface area (Å²) in [5, 5.41) is 0. The summed E-state index contributed by atoms with van der Waals surface area (Å²) in [6, 6.07) is 3.42. The lowest BCUT2D eigenvalue weighted by Gasteiger charge is -2.25. The van der Waals surface area contributed by atoms with Crippen molar-refractivity contribution in [3.8, 4) is 0 Å². The molecule has 0 amide bonds. The molecule has 0 fully saturated rings. The number of hydrogen-bond donors (Lipinski definition) is 1. The highest BCUT2D eigenvalue weighted by atomic mass is 19.1. The van der Waals surface area contributed by atoms with Crippen LogP contribution in [0.5, 0.6) is 0 Å². The molecule has 1 atom stereocenters. The maximum atomic E-state index is 13.4. The molecule has 0 radical (unpaired) electrons. The second-order valence-corrected chi connectivity index (χ2v) is 3.78. The number of hydrogen-bond acceptors (Lipinski definition) is 2. The summed E-state index contributed by atoms with van der Waals surface area (Å²) in [4.78, 5) is 0. The third-order valence-electron chi connectivity index (χ3n) is 2.37. The number of ether oxygens (including phenoxy) is 1. The van der Waals surface area contributed by atoms with Crippen molar-refractivity contribution in [3.63, 3.8) is 0 Å². The fourth-order valence-electron chi connectivity index (χ4n) is 1.40. The molecule has 2 nitrogen and oxygen atoms in total. The molecule has 4 heteroatoms. The van der Waals surface area contributed by atoms with E-state index in [-0.39, 0.29) is 0 Å². The Kier molecular flexibility index (Phi) is 3.77. The van der Waals surface area contributed by atoms with Crippen LogP contribution in [-0.2, 0) is 10.3 Å². The van der Waals surface area contributed by atoms with E-state index in [0.717, 1.165) is 6.07 Å². The van der Waals surface area contributed by atoms with Gasteiger partial charge in [-0.3, -0.25) is 0 Å². The van der Waals surface area contributed by atoms with Gasteiger partial charge in [0.25, 0.3) is 0 Å². The van der Waals surface area contributed by atoms with Crippen LogP contribution >= 0.6 is 0 Å². The van der Waals surface area contributed by atoms with Crippen LogP contribution in [0.2, 0.25) is 0 Å². The van der Waals surface area contributed by atoms with Crippen LogP contribution in [-0.4, -0.2) is 13.7 Å². The minimum absolute atomic E-state index is 0.306. The summed E-state index contributed by atoms with van der Waals surface area (Å²) >= 11 is 0. The molecule has 0 bridgehead atoms. The number of methoxy groups -OCH3 is 1. The number of benzene rings is 1. The van der Waals surface area contributed by atoms with Crippen LogP contribution in [0.4, 0.5) is 8.78 Å². The van der Waals surface area contributed by atoms with Crippen LogP contribution in [0.3, 0.4) is 0 Å². The van der Waals surface area contributed by atoms with E-state index in [1.807, 2.05) is 0 Å². The van der Waals surface area contributed by atoms with Gasteiger partial charge in [-0.1, -0.05) is 6.07 Å². The Balaban J connectivity index is 2.93. The monoisotopic (exact) mass is 215 g/mol. The first-order valence-corrected chi connectivity index (χ1v) is 4.71. The van der Waals surface area contributed by atoms with Crippen LogP contribution in [0, 0.1) is 11.6 Å². The van der Waals surface area contributed by atoms with Crippen molar-refractivity contribution >= 4 is 0 Å². The molecule has 0 aromatic heterocycles. The van der Waals surface area contributed by atoms with Crippen molar-refractivity contribution < 1.29 is 13.5 Å². The molecule has 0 spiro atoms. The van der Waals surface area contributed by atoms with Gasteiger partial charge >= 0.3 is 0 Å². The Hall–Kier alpha value is -1.00. The zero-order valence-electron chi connectivity index (χ0n) is 8.89. The van der Waals surface area contributed by atoms with Crippen molar-refractivity contribution in [1.82, 2.24) is 0 Å². The SMILES string of the molecule is COCCC(C)(N)c1ccc(F)cc1F. The molecule has 2 N–H and O–H groups in total. The van der Waals surface area contributed by atoms with E-state index in [9.17, 15) is 8.78 Å². The van der Waals surface area contributed by atoms with Crippen LogP contribution in [0.1, 0.15) is 18.9 Å². The Bertz CT molecular complexity index is 339. The van der Waals surface area contributed by atoms with Gasteiger partial charge < -0.3 is 10.5 Å². The van der Waals surface area contributed by atoms with E-state index in [1.54, 1.807) is 14.0 Å². The number of nitrogens with two attached hydrogens (primary N) is 1. The predicted octanol–water partition coefficient (Wildman–Crippen LogP) is 2.18. The molecule has 0 aliphatic rings. The summed E-state index contributed by atoms with van der Waals surface area (Å²) in [5.41, 5.74) is 5.40. The van der Waals surface area contributed by atoms with Crippen molar-refractivity contribution in [2.24, 2.45) is 5.73 Å². The Morgan fingerprint density at radius 1 is 1.40 bits per heavy atom. The Morgan fingerprint density at radius 2 is 2.07 bits per heavy atom. The van der Waals surface area contributed by atoms with E-state index >= 15 is 0 Å². The zero-order valence-corrected chi connectivity index (χ0v) is 8.89. The van der Waals surface area contributed by atoms with Gasteiger partial charge in [0, 0.05) is 30.9 Å². The van der Waals surface area contributed by atoms with E-state index in [1.165, 1.54) is 12.1 Å². The number of halogens is 2. The first-order chi connectivity index (χ1) is 6.97. The molecule has 0 heterocycles. The molecule has 0 saturated heterocycles. The molecule has 1 aromatic carbocycles. The second-order valence-electron chi connectivity index (χ2n) is 3.78. The molecule has 0 aliphatic carbocycles. The highest BCUT2D eigenvalue weighted by Crippen LogP contribution is 2.24. The van der Waals surface area contributed by atoms with E-state index in [0.29, 0.717) is 18.6 Å². The van der Waals surface area contributed by atoms with Gasteiger partial charge in [-0.15, -0.1) is 0 Å². The molecular weight excluding hydrogens is 200 g/mol. The minimum Gasteiger partial charge on any atom is -0.385 e. The topological polar surface area (TPSA) is 35.2 Å². The van der Waals surface area contributed by atoms with E-state index in [4.69, 9.17) is 10.5 Å². The summed E-state index contributed by atoms with van der Waals surface area (Å²) in [7, 11) is 1.55. The fraction of sp³-hybridized carbons (Fsp3) is 0.455. The maximum absolute atomic E-state index is 13.4. The average molecular weight is 215 g/mol. The summed E-state index contributed by atoms with van der Waals surface area (Å²) in [6.07, 6.45) is 0.478. The second kappa shape index (κ2) is 4.68. The normalized spacial score (nSPS) is 15.0. The van der Waals surface area contributed by atoms with Gasteiger partial charge in [-0.25, -0.2) is 8.78 Å². The van der Waals surface area contributed by atoms with Gasteiger partial charge in [-0.05, 0) is 19.4 Å². The largest absolute Gasteiger partial charge is 0.385 e. The first-order valence-electron chi connectivity index (χ1n) is 4.71. The van der Waals surface area contributed by atoms with Gasteiger partial charge in [0.05, 0.1) is 0 Å². The average Bonchev–Trinajstić information content (AvgIpc) is 2.14. The lowest BCUT2D eigenvalue weighted by atomic mass is 9.89. The standard InChI is InChI=1S/C11H15F2NO/c1-11(14,5-6-15-2)9-4-3-8(12)7-10(9)13/h3-4,7H,5-6,14H2,1-2H3. The maximum Gasteiger partial charge on any atom is 0.131 e. The quantitative estimate of drug-likeness (QED) is 0.835. The van der Waals surface area contributed by atoms with Crippen LogP contribution < -0.4 is 5.73 Å². The minimum atomic E-state index is -0.839. The zero-order chi connectivity index (χ0) is 11.5. The lowest BCUT2D eigenvalue weighted by molar-refractivity contribution is 0.171. The van der Waals surface area contributed by atoms with Crippen molar-refractivity contribution in [1.29, 1.82) is 0 Å². The first kappa shape index (κ1) is 12.1. The van der Waals surface area contributed by atoms with Crippen molar-refractivity contribution in [2.45, 2.75) is 18.9 Å². The third-order valence-corrected chi connectivity index (χ3v) is 2.37. The smallest absolute Gasteiger partial charge is 0.131 e. The van der Waals surface area contributed by atoms with Crippen molar-refractivity contribution in [3.05, 3.63) is 35.4 Å².